The maximum Gasteiger partial charge on any atom is 0.416 e. The van der Waals surface area contributed by atoms with Gasteiger partial charge in [0.1, 0.15) is 5.75 Å². The lowest BCUT2D eigenvalue weighted by atomic mass is 9.97. The lowest BCUT2D eigenvalue weighted by molar-refractivity contribution is -0.137. The van der Waals surface area contributed by atoms with Gasteiger partial charge in [0, 0.05) is 14.7 Å². The molecule has 22 heavy (non-hydrogen) atoms. The lowest BCUT2D eigenvalue weighted by Crippen LogP contribution is -2.06. The van der Waals surface area contributed by atoms with E-state index in [9.17, 15) is 23.1 Å². The number of carbonyl (C=O) groups is 1. The van der Waals surface area contributed by atoms with E-state index in [1.54, 1.807) is 6.07 Å². The second-order valence-corrected chi connectivity index (χ2v) is 5.65. The molecule has 0 amide bonds. The molecule has 0 aliphatic rings. The van der Waals surface area contributed by atoms with Crippen LogP contribution in [0.15, 0.2) is 36.4 Å². The van der Waals surface area contributed by atoms with Gasteiger partial charge in [-0.05, 0) is 59.0 Å². The van der Waals surface area contributed by atoms with Gasteiger partial charge < -0.3 is 9.84 Å². The molecule has 0 radical (unpaired) electrons. The summed E-state index contributed by atoms with van der Waals surface area (Å²) in [6, 6.07) is 7.44. The van der Waals surface area contributed by atoms with Crippen molar-refractivity contribution < 1.29 is 27.8 Å². The van der Waals surface area contributed by atoms with E-state index in [4.69, 9.17) is 4.74 Å². The Morgan fingerprint density at radius 1 is 1.14 bits per heavy atom. The molecule has 0 aliphatic carbocycles. The molecule has 7 heteroatoms. The average molecular weight is 422 g/mol. The fourth-order valence-corrected chi connectivity index (χ4v) is 2.51. The first-order chi connectivity index (χ1) is 10.2. The summed E-state index contributed by atoms with van der Waals surface area (Å²) in [5.41, 5.74) is -0.674. The van der Waals surface area contributed by atoms with Crippen molar-refractivity contribution >= 4 is 28.6 Å². The van der Waals surface area contributed by atoms with Crippen LogP contribution in [0.3, 0.4) is 0 Å². The van der Waals surface area contributed by atoms with Crippen molar-refractivity contribution in [2.75, 3.05) is 7.11 Å². The van der Waals surface area contributed by atoms with E-state index < -0.39 is 17.7 Å². The number of carboxylic acids is 1. The van der Waals surface area contributed by atoms with Crippen LogP contribution in [-0.2, 0) is 6.18 Å². The fourth-order valence-electron chi connectivity index (χ4n) is 2.02. The minimum absolute atomic E-state index is 0.0851. The largest absolute Gasteiger partial charge is 0.496 e. The van der Waals surface area contributed by atoms with Gasteiger partial charge in [-0.1, -0.05) is 0 Å². The van der Waals surface area contributed by atoms with E-state index in [0.717, 1.165) is 12.1 Å². The third kappa shape index (κ3) is 3.34. The van der Waals surface area contributed by atoms with E-state index in [-0.39, 0.29) is 22.4 Å². The topological polar surface area (TPSA) is 46.5 Å². The molecule has 2 aromatic carbocycles. The Labute approximate surface area is 137 Å². The third-order valence-corrected chi connectivity index (χ3v) is 3.70. The number of ether oxygens (including phenoxy) is 1. The molecular weight excluding hydrogens is 412 g/mol. The molecule has 0 spiro atoms. The van der Waals surface area contributed by atoms with Gasteiger partial charge in [-0.3, -0.25) is 0 Å². The van der Waals surface area contributed by atoms with Crippen molar-refractivity contribution in [3.8, 4) is 16.9 Å². The summed E-state index contributed by atoms with van der Waals surface area (Å²) in [6.07, 6.45) is -4.52. The van der Waals surface area contributed by atoms with E-state index in [1.165, 1.54) is 25.3 Å². The number of aromatic carboxylic acids is 1. The van der Waals surface area contributed by atoms with Crippen molar-refractivity contribution in [1.82, 2.24) is 0 Å². The van der Waals surface area contributed by atoms with Gasteiger partial charge in [0.25, 0.3) is 0 Å². The molecule has 2 rings (SSSR count). The normalized spacial score (nSPS) is 11.3. The van der Waals surface area contributed by atoms with Crippen LogP contribution in [0.2, 0.25) is 0 Å². The molecule has 0 fully saturated rings. The van der Waals surface area contributed by atoms with Crippen LogP contribution >= 0.6 is 22.6 Å². The number of hydrogen-bond acceptors (Lipinski definition) is 2. The fraction of sp³-hybridized carbons (Fsp3) is 0.133. The number of benzene rings is 2. The average Bonchev–Trinajstić information content (AvgIpc) is 2.45. The van der Waals surface area contributed by atoms with Crippen LogP contribution in [0.25, 0.3) is 11.1 Å². The Morgan fingerprint density at radius 3 is 2.36 bits per heavy atom. The van der Waals surface area contributed by atoms with E-state index in [1.807, 2.05) is 22.6 Å². The second-order valence-electron chi connectivity index (χ2n) is 4.41. The van der Waals surface area contributed by atoms with E-state index >= 15 is 0 Å². The highest BCUT2D eigenvalue weighted by molar-refractivity contribution is 14.1. The summed E-state index contributed by atoms with van der Waals surface area (Å²) in [7, 11) is 1.32. The predicted molar refractivity (Wildman–Crippen MR) is 83.1 cm³/mol. The molecule has 0 atom stereocenters. The van der Waals surface area contributed by atoms with Gasteiger partial charge in [-0.2, -0.15) is 13.2 Å². The number of halogens is 4. The summed E-state index contributed by atoms with van der Waals surface area (Å²) in [5.74, 6) is -1.04. The highest BCUT2D eigenvalue weighted by Gasteiger charge is 2.31. The summed E-state index contributed by atoms with van der Waals surface area (Å²) < 4.78 is 44.5. The van der Waals surface area contributed by atoms with Crippen LogP contribution < -0.4 is 4.74 Å². The van der Waals surface area contributed by atoms with Gasteiger partial charge >= 0.3 is 12.1 Å². The Morgan fingerprint density at radius 2 is 1.82 bits per heavy atom. The van der Waals surface area contributed by atoms with Gasteiger partial charge in [0.15, 0.2) is 0 Å². The van der Waals surface area contributed by atoms with Crippen molar-refractivity contribution in [3.05, 3.63) is 51.1 Å². The zero-order valence-corrected chi connectivity index (χ0v) is 13.4. The molecule has 0 aliphatic heterocycles. The Balaban J connectivity index is 2.75. The quantitative estimate of drug-likeness (QED) is 0.731. The van der Waals surface area contributed by atoms with E-state index in [2.05, 4.69) is 0 Å². The highest BCUT2D eigenvalue weighted by atomic mass is 127. The smallest absolute Gasteiger partial charge is 0.416 e. The van der Waals surface area contributed by atoms with Crippen LogP contribution in [0.1, 0.15) is 15.9 Å². The van der Waals surface area contributed by atoms with Crippen molar-refractivity contribution in [3.63, 3.8) is 0 Å². The molecule has 0 heterocycles. The lowest BCUT2D eigenvalue weighted by Gasteiger charge is -2.15. The monoisotopic (exact) mass is 422 g/mol. The predicted octanol–water partition coefficient (Wildman–Crippen LogP) is 4.68. The Hall–Kier alpha value is -1.77. The first kappa shape index (κ1) is 16.6. The summed E-state index contributed by atoms with van der Waals surface area (Å²) >= 11 is 1.96. The molecule has 1 N–H and O–H groups in total. The molecule has 116 valence electrons. The molecule has 0 saturated heterocycles. The van der Waals surface area contributed by atoms with Crippen LogP contribution in [0.4, 0.5) is 13.2 Å². The summed E-state index contributed by atoms with van der Waals surface area (Å²) in [6.45, 7) is 0. The van der Waals surface area contributed by atoms with Gasteiger partial charge in [-0.15, -0.1) is 0 Å². The maximum absolute atomic E-state index is 12.9. The molecular formula is C15H10F3IO3. The Bertz CT molecular complexity index is 726. The zero-order valence-electron chi connectivity index (χ0n) is 11.2. The minimum Gasteiger partial charge on any atom is -0.496 e. The molecule has 0 aromatic heterocycles. The standard InChI is InChI=1S/C15H10F3IO3/c1-22-13-5-2-8(15(16,17)18)6-12(13)11-7-9(19)3-4-10(11)14(20)21/h2-7H,1H3,(H,20,21). The minimum atomic E-state index is -4.52. The first-order valence-electron chi connectivity index (χ1n) is 6.02. The zero-order chi connectivity index (χ0) is 16.5. The van der Waals surface area contributed by atoms with Crippen molar-refractivity contribution in [2.45, 2.75) is 6.18 Å². The second kappa shape index (κ2) is 6.15. The third-order valence-electron chi connectivity index (χ3n) is 3.03. The number of alkyl halides is 3. The van der Waals surface area contributed by atoms with Crippen LogP contribution in [-0.4, -0.2) is 18.2 Å². The molecule has 0 saturated carbocycles. The number of methoxy groups -OCH3 is 1. The number of hydrogen-bond donors (Lipinski definition) is 1. The highest BCUT2D eigenvalue weighted by Crippen LogP contribution is 2.38. The van der Waals surface area contributed by atoms with Gasteiger partial charge in [-0.25, -0.2) is 4.79 Å². The van der Waals surface area contributed by atoms with Crippen LogP contribution in [0, 0.1) is 3.57 Å². The summed E-state index contributed by atoms with van der Waals surface area (Å²) in [5, 5.41) is 9.25. The van der Waals surface area contributed by atoms with Gasteiger partial charge in [0.2, 0.25) is 0 Å². The molecule has 0 unspecified atom stereocenters. The van der Waals surface area contributed by atoms with E-state index in [0.29, 0.717) is 3.57 Å². The van der Waals surface area contributed by atoms with Gasteiger partial charge in [0.05, 0.1) is 18.2 Å². The van der Waals surface area contributed by atoms with Crippen molar-refractivity contribution in [2.24, 2.45) is 0 Å². The summed E-state index contributed by atoms with van der Waals surface area (Å²) in [4.78, 5) is 11.3. The number of rotatable bonds is 3. The SMILES string of the molecule is COc1ccc(C(F)(F)F)cc1-c1cc(I)ccc1C(=O)O. The Kier molecular flexibility index (Phi) is 4.64. The van der Waals surface area contributed by atoms with Crippen molar-refractivity contribution in [1.29, 1.82) is 0 Å². The molecule has 3 nitrogen and oxygen atoms in total. The molecule has 2 aromatic rings. The van der Waals surface area contributed by atoms with Crippen LogP contribution in [0.5, 0.6) is 5.75 Å². The number of carboxylic acid groups (broad SMARTS) is 1. The maximum atomic E-state index is 12.9. The first-order valence-corrected chi connectivity index (χ1v) is 7.10. The molecule has 0 bridgehead atoms.